The van der Waals surface area contributed by atoms with Crippen LogP contribution in [0.15, 0.2) is 0 Å². The van der Waals surface area contributed by atoms with Crippen LogP contribution in [0.5, 0.6) is 0 Å². The van der Waals surface area contributed by atoms with Gasteiger partial charge in [-0.15, -0.1) is 0 Å². The minimum absolute atomic E-state index is 0.473. The molecule has 0 aromatic carbocycles. The summed E-state index contributed by atoms with van der Waals surface area (Å²) in [6.45, 7) is -0.473. The molecule has 0 aromatic rings. The number of carbonyl (C=O) groups is 1. The number of amides is 1. The van der Waals surface area contributed by atoms with E-state index in [0.717, 1.165) is 0 Å². The summed E-state index contributed by atoms with van der Waals surface area (Å²) in [5.41, 5.74) is 4.76. The van der Waals surface area contributed by atoms with Crippen LogP contribution in [0.3, 0.4) is 0 Å². The normalized spacial score (nSPS) is 16.8. The van der Waals surface area contributed by atoms with Crippen molar-refractivity contribution in [3.05, 3.63) is 0 Å². The van der Waals surface area contributed by atoms with Crippen LogP contribution in [0.25, 0.3) is 0 Å². The predicted octanol–water partition coefficient (Wildman–Crippen LogP) is -1.41. The zero-order chi connectivity index (χ0) is 7.44. The maximum atomic E-state index is 10.2. The van der Waals surface area contributed by atoms with E-state index >= 15 is 0 Å². The Balaban J connectivity index is 3.72. The Morgan fingerprint density at radius 3 is 2.33 bits per heavy atom. The Kier molecular flexibility index (Phi) is 3.76. The number of hydrogen-bond donors (Lipinski definition) is 3. The zero-order valence-corrected chi connectivity index (χ0v) is 6.21. The second-order valence-corrected chi connectivity index (χ2v) is 2.54. The Bertz CT molecular complexity index is 108. The van der Waals surface area contributed by atoms with E-state index < -0.39 is 23.4 Å². The molecule has 0 bridgehead atoms. The smallest absolute Gasteiger partial charge is 0.233 e. The lowest BCUT2D eigenvalue weighted by atomic mass is 10.2. The van der Waals surface area contributed by atoms with E-state index in [0.29, 0.717) is 0 Å². The van der Waals surface area contributed by atoms with Gasteiger partial charge in [0.25, 0.3) is 0 Å². The Labute approximate surface area is 60.8 Å². The third-order valence-corrected chi connectivity index (χ3v) is 1.86. The highest BCUT2D eigenvalue weighted by atomic mass is 79.9. The molecule has 0 heterocycles. The first-order valence-electron chi connectivity index (χ1n) is 2.32. The lowest BCUT2D eigenvalue weighted by Crippen LogP contribution is -2.36. The van der Waals surface area contributed by atoms with Crippen LogP contribution in [0.4, 0.5) is 0 Å². The molecule has 0 fully saturated rings. The van der Waals surface area contributed by atoms with Crippen molar-refractivity contribution in [2.45, 2.75) is 10.9 Å². The number of primary amides is 1. The Morgan fingerprint density at radius 2 is 2.22 bits per heavy atom. The van der Waals surface area contributed by atoms with Gasteiger partial charge in [0.1, 0.15) is 4.83 Å². The van der Waals surface area contributed by atoms with Gasteiger partial charge in [0.15, 0.2) is 0 Å². The van der Waals surface area contributed by atoms with E-state index in [1.165, 1.54) is 0 Å². The summed E-state index contributed by atoms with van der Waals surface area (Å²) < 4.78 is 0. The molecule has 0 saturated carbocycles. The Hall–Kier alpha value is -0.130. The van der Waals surface area contributed by atoms with Gasteiger partial charge in [-0.3, -0.25) is 4.79 Å². The Morgan fingerprint density at radius 1 is 1.78 bits per heavy atom. The van der Waals surface area contributed by atoms with Crippen LogP contribution >= 0.6 is 15.9 Å². The number of halogens is 1. The van der Waals surface area contributed by atoms with Gasteiger partial charge in [-0.25, -0.2) is 0 Å². The largest absolute Gasteiger partial charge is 0.394 e. The number of alkyl halides is 1. The lowest BCUT2D eigenvalue weighted by molar-refractivity contribution is -0.119. The molecule has 0 unspecified atom stereocenters. The average Bonchev–Trinajstić information content (AvgIpc) is 1.84. The SMILES string of the molecule is NC(=O)[C@H](Br)[C@@H](O)CO. The van der Waals surface area contributed by atoms with Gasteiger partial charge in [0.2, 0.25) is 5.91 Å². The standard InChI is InChI=1S/C4H8BrNO3/c5-3(4(6)9)2(8)1-7/h2-3,7-8H,1H2,(H2,6,9)/t2-,3+/m0/s1. The van der Waals surface area contributed by atoms with E-state index in [4.69, 9.17) is 15.9 Å². The van der Waals surface area contributed by atoms with Crippen molar-refractivity contribution in [3.63, 3.8) is 0 Å². The third-order valence-electron chi connectivity index (χ3n) is 0.797. The molecule has 5 heteroatoms. The van der Waals surface area contributed by atoms with E-state index in [1.54, 1.807) is 0 Å². The number of aliphatic hydroxyl groups is 2. The molecule has 0 saturated heterocycles. The monoisotopic (exact) mass is 197 g/mol. The minimum Gasteiger partial charge on any atom is -0.394 e. The average molecular weight is 198 g/mol. The number of aliphatic hydroxyl groups excluding tert-OH is 2. The zero-order valence-electron chi connectivity index (χ0n) is 4.62. The number of nitrogens with two attached hydrogens (primary N) is 1. The molecule has 0 aromatic heterocycles. The third kappa shape index (κ3) is 2.78. The molecule has 54 valence electrons. The molecule has 1 amide bonds. The maximum Gasteiger partial charge on any atom is 0.233 e. The van der Waals surface area contributed by atoms with Gasteiger partial charge in [-0.1, -0.05) is 15.9 Å². The van der Waals surface area contributed by atoms with Crippen LogP contribution in [0.2, 0.25) is 0 Å². The van der Waals surface area contributed by atoms with Crippen molar-refractivity contribution >= 4 is 21.8 Å². The number of carbonyl (C=O) groups excluding carboxylic acids is 1. The predicted molar refractivity (Wildman–Crippen MR) is 35.0 cm³/mol. The molecule has 4 N–H and O–H groups in total. The summed E-state index contributed by atoms with van der Waals surface area (Å²) in [4.78, 5) is 9.35. The van der Waals surface area contributed by atoms with E-state index in [-0.39, 0.29) is 0 Å². The molecule has 9 heavy (non-hydrogen) atoms. The molecule has 0 spiro atoms. The van der Waals surface area contributed by atoms with Crippen LogP contribution in [-0.2, 0) is 4.79 Å². The molecule has 2 atom stereocenters. The maximum absolute atomic E-state index is 10.2. The summed E-state index contributed by atoms with van der Waals surface area (Å²) in [6.07, 6.45) is -1.11. The van der Waals surface area contributed by atoms with Crippen molar-refractivity contribution < 1.29 is 15.0 Å². The molecule has 0 radical (unpaired) electrons. The molecule has 0 aliphatic heterocycles. The van der Waals surface area contributed by atoms with Gasteiger partial charge < -0.3 is 15.9 Å². The summed E-state index contributed by atoms with van der Waals surface area (Å²) in [5, 5.41) is 17.0. The first kappa shape index (κ1) is 8.87. The topological polar surface area (TPSA) is 83.6 Å². The van der Waals surface area contributed by atoms with Crippen LogP contribution < -0.4 is 5.73 Å². The van der Waals surface area contributed by atoms with Crippen molar-refractivity contribution in [3.8, 4) is 0 Å². The highest BCUT2D eigenvalue weighted by molar-refractivity contribution is 9.10. The van der Waals surface area contributed by atoms with Gasteiger partial charge in [-0.2, -0.15) is 0 Å². The minimum atomic E-state index is -1.11. The first-order valence-corrected chi connectivity index (χ1v) is 3.23. The van der Waals surface area contributed by atoms with Crippen LogP contribution in [0.1, 0.15) is 0 Å². The molecule has 4 nitrogen and oxygen atoms in total. The summed E-state index contributed by atoms with van der Waals surface area (Å²) >= 11 is 2.78. The molecule has 0 rings (SSSR count). The lowest BCUT2D eigenvalue weighted by Gasteiger charge is -2.09. The highest BCUT2D eigenvalue weighted by Gasteiger charge is 2.19. The summed E-state index contributed by atoms with van der Waals surface area (Å²) in [6, 6.07) is 0. The van der Waals surface area contributed by atoms with Gasteiger partial charge >= 0.3 is 0 Å². The second-order valence-electron chi connectivity index (χ2n) is 1.55. The second kappa shape index (κ2) is 3.81. The highest BCUT2D eigenvalue weighted by Crippen LogP contribution is 2.03. The van der Waals surface area contributed by atoms with Crippen LogP contribution in [0, 0.1) is 0 Å². The molecule has 0 aliphatic carbocycles. The molecular weight excluding hydrogens is 190 g/mol. The van der Waals surface area contributed by atoms with E-state index in [2.05, 4.69) is 15.9 Å². The fourth-order valence-corrected chi connectivity index (χ4v) is 0.449. The fraction of sp³-hybridized carbons (Fsp3) is 0.750. The van der Waals surface area contributed by atoms with Gasteiger partial charge in [0, 0.05) is 0 Å². The van der Waals surface area contributed by atoms with Gasteiger partial charge in [0.05, 0.1) is 12.7 Å². The number of rotatable bonds is 3. The van der Waals surface area contributed by atoms with Crippen molar-refractivity contribution in [1.82, 2.24) is 0 Å². The molecule has 0 aliphatic rings. The summed E-state index contributed by atoms with van der Waals surface area (Å²) in [5.74, 6) is -0.684. The van der Waals surface area contributed by atoms with Crippen molar-refractivity contribution in [2.75, 3.05) is 6.61 Å². The van der Waals surface area contributed by atoms with Crippen molar-refractivity contribution in [2.24, 2.45) is 5.73 Å². The fourth-order valence-electron chi connectivity index (χ4n) is 0.282. The van der Waals surface area contributed by atoms with E-state index in [9.17, 15) is 4.79 Å². The summed E-state index contributed by atoms with van der Waals surface area (Å²) in [7, 11) is 0. The molecular formula is C4H8BrNO3. The first-order chi connectivity index (χ1) is 4.09. The van der Waals surface area contributed by atoms with Gasteiger partial charge in [-0.05, 0) is 0 Å². The number of hydrogen-bond acceptors (Lipinski definition) is 3. The van der Waals surface area contributed by atoms with Crippen LogP contribution in [-0.4, -0.2) is 33.7 Å². The van der Waals surface area contributed by atoms with E-state index in [1.807, 2.05) is 0 Å². The van der Waals surface area contributed by atoms with Crippen molar-refractivity contribution in [1.29, 1.82) is 0 Å². The quantitative estimate of drug-likeness (QED) is 0.487.